The minimum absolute atomic E-state index is 0.267. The van der Waals surface area contributed by atoms with Crippen LogP contribution < -0.4 is 5.32 Å². The maximum atomic E-state index is 12.2. The summed E-state index contributed by atoms with van der Waals surface area (Å²) in [7, 11) is 0. The molecule has 0 atom stereocenters. The van der Waals surface area contributed by atoms with E-state index >= 15 is 0 Å². The van der Waals surface area contributed by atoms with Gasteiger partial charge in [0, 0.05) is 45.3 Å². The van der Waals surface area contributed by atoms with Crippen LogP contribution in [-0.4, -0.2) is 61.0 Å². The Morgan fingerprint density at radius 2 is 1.72 bits per heavy atom. The minimum atomic E-state index is 0.267. The van der Waals surface area contributed by atoms with Crippen LogP contribution in [0.15, 0.2) is 0 Å². The molecule has 3 aliphatic rings. The van der Waals surface area contributed by atoms with Crippen molar-refractivity contribution in [3.63, 3.8) is 0 Å². The van der Waals surface area contributed by atoms with E-state index in [2.05, 4.69) is 15.1 Å². The van der Waals surface area contributed by atoms with Crippen LogP contribution in [0.3, 0.4) is 0 Å². The van der Waals surface area contributed by atoms with Crippen molar-refractivity contribution in [2.24, 2.45) is 5.92 Å². The van der Waals surface area contributed by atoms with E-state index in [1.807, 2.05) is 0 Å². The van der Waals surface area contributed by atoms with Gasteiger partial charge < -0.3 is 10.2 Å². The van der Waals surface area contributed by atoms with Gasteiger partial charge in [0.15, 0.2) is 0 Å². The van der Waals surface area contributed by atoms with E-state index in [0.29, 0.717) is 5.91 Å². The normalized spacial score (nSPS) is 28.1. The second-order valence-electron chi connectivity index (χ2n) is 6.01. The topological polar surface area (TPSA) is 35.6 Å². The Kier molecular flexibility index (Phi) is 3.85. The van der Waals surface area contributed by atoms with Crippen molar-refractivity contribution in [1.29, 1.82) is 0 Å². The molecule has 0 bridgehead atoms. The molecule has 4 nitrogen and oxygen atoms in total. The molecule has 0 aromatic rings. The lowest BCUT2D eigenvalue weighted by Gasteiger charge is -2.32. The first-order chi connectivity index (χ1) is 8.84. The molecular formula is C14H25N3O. The monoisotopic (exact) mass is 251 g/mol. The number of carbonyl (C=O) groups is 1. The van der Waals surface area contributed by atoms with Gasteiger partial charge in [0.25, 0.3) is 0 Å². The number of amides is 1. The Balaban J connectivity index is 1.52. The highest BCUT2D eigenvalue weighted by Gasteiger charge is 2.31. The summed E-state index contributed by atoms with van der Waals surface area (Å²) in [5.41, 5.74) is 0. The Labute approximate surface area is 110 Å². The number of hydrogen-bond donors (Lipinski definition) is 1. The lowest BCUT2D eigenvalue weighted by atomic mass is 10.0. The molecule has 2 aliphatic heterocycles. The van der Waals surface area contributed by atoms with Crippen LogP contribution in [0.4, 0.5) is 0 Å². The van der Waals surface area contributed by atoms with Gasteiger partial charge in [-0.15, -0.1) is 0 Å². The molecule has 0 aromatic heterocycles. The second kappa shape index (κ2) is 5.57. The van der Waals surface area contributed by atoms with E-state index in [1.165, 1.54) is 32.2 Å². The zero-order valence-corrected chi connectivity index (χ0v) is 11.2. The minimum Gasteiger partial charge on any atom is -0.341 e. The molecule has 0 spiro atoms. The SMILES string of the molecule is O=C(C1CNC1)N1CCCN(C2CCCC2)CC1. The van der Waals surface area contributed by atoms with E-state index in [0.717, 1.165) is 45.2 Å². The van der Waals surface area contributed by atoms with Gasteiger partial charge in [-0.25, -0.2) is 0 Å². The highest BCUT2D eigenvalue weighted by Crippen LogP contribution is 2.24. The summed E-state index contributed by atoms with van der Waals surface area (Å²) in [5.74, 6) is 0.657. The Morgan fingerprint density at radius 3 is 2.39 bits per heavy atom. The molecule has 1 saturated carbocycles. The number of rotatable bonds is 2. The third-order valence-electron chi connectivity index (χ3n) is 4.81. The molecule has 2 heterocycles. The van der Waals surface area contributed by atoms with Gasteiger partial charge in [-0.1, -0.05) is 12.8 Å². The molecule has 0 radical (unpaired) electrons. The van der Waals surface area contributed by atoms with Crippen LogP contribution in [-0.2, 0) is 4.79 Å². The zero-order chi connectivity index (χ0) is 12.4. The quantitative estimate of drug-likeness (QED) is 0.784. The fourth-order valence-corrected chi connectivity index (χ4v) is 3.51. The van der Waals surface area contributed by atoms with Gasteiger partial charge in [-0.05, 0) is 19.3 Å². The molecule has 1 amide bonds. The van der Waals surface area contributed by atoms with Gasteiger partial charge >= 0.3 is 0 Å². The maximum Gasteiger partial charge on any atom is 0.228 e. The summed E-state index contributed by atoms with van der Waals surface area (Å²) in [6.07, 6.45) is 6.71. The van der Waals surface area contributed by atoms with E-state index in [-0.39, 0.29) is 5.92 Å². The summed E-state index contributed by atoms with van der Waals surface area (Å²) in [5, 5.41) is 3.19. The first-order valence-electron chi connectivity index (χ1n) is 7.58. The van der Waals surface area contributed by atoms with Gasteiger partial charge in [-0.3, -0.25) is 9.69 Å². The highest BCUT2D eigenvalue weighted by molar-refractivity contribution is 5.80. The lowest BCUT2D eigenvalue weighted by Crippen LogP contribution is -2.52. The van der Waals surface area contributed by atoms with Gasteiger partial charge in [0.1, 0.15) is 0 Å². The van der Waals surface area contributed by atoms with Crippen molar-refractivity contribution in [3.05, 3.63) is 0 Å². The fraction of sp³-hybridized carbons (Fsp3) is 0.929. The van der Waals surface area contributed by atoms with Crippen molar-refractivity contribution < 1.29 is 4.79 Å². The largest absolute Gasteiger partial charge is 0.341 e. The van der Waals surface area contributed by atoms with Gasteiger partial charge in [-0.2, -0.15) is 0 Å². The predicted octanol–water partition coefficient (Wildman–Crippen LogP) is 0.683. The Bertz CT molecular complexity index is 297. The van der Waals surface area contributed by atoms with Gasteiger partial charge in [0.05, 0.1) is 5.92 Å². The molecule has 1 aliphatic carbocycles. The molecule has 0 aromatic carbocycles. The fourth-order valence-electron chi connectivity index (χ4n) is 3.51. The summed E-state index contributed by atoms with van der Waals surface area (Å²) in [6.45, 7) is 5.99. The van der Waals surface area contributed by atoms with Crippen LogP contribution in [0.5, 0.6) is 0 Å². The van der Waals surface area contributed by atoms with Gasteiger partial charge in [0.2, 0.25) is 5.91 Å². The van der Waals surface area contributed by atoms with Crippen LogP contribution in [0.1, 0.15) is 32.1 Å². The summed E-state index contributed by atoms with van der Waals surface area (Å²) >= 11 is 0. The van der Waals surface area contributed by atoms with Crippen molar-refractivity contribution in [3.8, 4) is 0 Å². The van der Waals surface area contributed by atoms with E-state index < -0.39 is 0 Å². The molecule has 3 rings (SSSR count). The zero-order valence-electron chi connectivity index (χ0n) is 11.2. The standard InChI is InChI=1S/C14H25N3O/c18-14(12-10-15-11-12)17-7-3-6-16(8-9-17)13-4-1-2-5-13/h12-13,15H,1-11H2. The molecular weight excluding hydrogens is 226 g/mol. The highest BCUT2D eigenvalue weighted by atomic mass is 16.2. The lowest BCUT2D eigenvalue weighted by molar-refractivity contribution is -0.136. The second-order valence-corrected chi connectivity index (χ2v) is 6.01. The number of nitrogens with zero attached hydrogens (tertiary/aromatic N) is 2. The number of hydrogen-bond acceptors (Lipinski definition) is 3. The molecule has 1 N–H and O–H groups in total. The average Bonchev–Trinajstić information content (AvgIpc) is 2.71. The van der Waals surface area contributed by atoms with E-state index in [9.17, 15) is 4.79 Å². The van der Waals surface area contributed by atoms with Crippen molar-refractivity contribution in [1.82, 2.24) is 15.1 Å². The number of nitrogens with one attached hydrogen (secondary N) is 1. The van der Waals surface area contributed by atoms with Crippen LogP contribution >= 0.6 is 0 Å². The van der Waals surface area contributed by atoms with Crippen molar-refractivity contribution >= 4 is 5.91 Å². The predicted molar refractivity (Wildman–Crippen MR) is 71.4 cm³/mol. The maximum absolute atomic E-state index is 12.2. The first kappa shape index (κ1) is 12.4. The molecule has 0 unspecified atom stereocenters. The summed E-state index contributed by atoms with van der Waals surface area (Å²) in [6, 6.07) is 0.811. The Hall–Kier alpha value is -0.610. The van der Waals surface area contributed by atoms with Crippen LogP contribution in [0.25, 0.3) is 0 Å². The van der Waals surface area contributed by atoms with E-state index in [1.54, 1.807) is 0 Å². The van der Waals surface area contributed by atoms with Crippen molar-refractivity contribution in [2.75, 3.05) is 39.3 Å². The van der Waals surface area contributed by atoms with Crippen LogP contribution in [0.2, 0.25) is 0 Å². The third kappa shape index (κ3) is 2.54. The van der Waals surface area contributed by atoms with Crippen molar-refractivity contribution in [2.45, 2.75) is 38.1 Å². The molecule has 3 fully saturated rings. The summed E-state index contributed by atoms with van der Waals surface area (Å²) in [4.78, 5) is 17.0. The average molecular weight is 251 g/mol. The number of carbonyl (C=O) groups excluding carboxylic acids is 1. The first-order valence-corrected chi connectivity index (χ1v) is 7.58. The molecule has 102 valence electrons. The third-order valence-corrected chi connectivity index (χ3v) is 4.81. The van der Waals surface area contributed by atoms with E-state index in [4.69, 9.17) is 0 Å². The van der Waals surface area contributed by atoms with Crippen LogP contribution in [0, 0.1) is 5.92 Å². The molecule has 4 heteroatoms. The summed E-state index contributed by atoms with van der Waals surface area (Å²) < 4.78 is 0. The molecule has 2 saturated heterocycles. The smallest absolute Gasteiger partial charge is 0.228 e. The molecule has 18 heavy (non-hydrogen) atoms. The Morgan fingerprint density at radius 1 is 0.944 bits per heavy atom.